The van der Waals surface area contributed by atoms with Crippen molar-refractivity contribution in [2.24, 2.45) is 0 Å². The number of nitrogens with one attached hydrogen (secondary N) is 1. The molecule has 5 heteroatoms. The number of nitrogens with zero attached hydrogens (tertiary/aromatic N) is 1. The van der Waals surface area contributed by atoms with Gasteiger partial charge in [-0.15, -0.1) is 0 Å². The van der Waals surface area contributed by atoms with Crippen LogP contribution < -0.4 is 5.32 Å². The molecule has 0 aromatic heterocycles. The van der Waals surface area contributed by atoms with Gasteiger partial charge in [0.1, 0.15) is 0 Å². The number of hydrogen-bond acceptors (Lipinski definition) is 5. The maximum absolute atomic E-state index is 9.83. The Labute approximate surface area is 110 Å². The van der Waals surface area contributed by atoms with E-state index >= 15 is 0 Å². The third-order valence-electron chi connectivity index (χ3n) is 3.12. The van der Waals surface area contributed by atoms with Crippen LogP contribution in [0.4, 0.5) is 0 Å². The molecule has 1 atom stereocenters. The maximum Gasteiger partial charge on any atom is 0.0791 e. The van der Waals surface area contributed by atoms with Gasteiger partial charge in [-0.05, 0) is 38.9 Å². The number of aliphatic hydroxyl groups is 1. The van der Waals surface area contributed by atoms with Crippen LogP contribution in [-0.4, -0.2) is 75.8 Å². The minimum atomic E-state index is -0.252. The predicted octanol–water partition coefficient (Wildman–Crippen LogP) is 0.0858. The lowest BCUT2D eigenvalue weighted by atomic mass is 10.3. The molecule has 0 saturated carbocycles. The highest BCUT2D eigenvalue weighted by atomic mass is 16.5. The van der Waals surface area contributed by atoms with Gasteiger partial charge in [0.05, 0.1) is 19.3 Å². The fourth-order valence-corrected chi connectivity index (χ4v) is 2.14. The van der Waals surface area contributed by atoms with E-state index in [2.05, 4.69) is 10.2 Å². The van der Waals surface area contributed by atoms with Gasteiger partial charge in [0.2, 0.25) is 0 Å². The van der Waals surface area contributed by atoms with E-state index < -0.39 is 0 Å². The molecule has 0 aromatic carbocycles. The topological polar surface area (TPSA) is 54.0 Å². The number of ether oxygens (including phenoxy) is 2. The molecular weight excluding hydrogens is 232 g/mol. The Balaban J connectivity index is 1.81. The SMILES string of the molecule is COCCOCCCNCC(O)CN1CCCC1. The van der Waals surface area contributed by atoms with Crippen LogP contribution in [-0.2, 0) is 9.47 Å². The zero-order chi connectivity index (χ0) is 13.1. The van der Waals surface area contributed by atoms with Crippen molar-refractivity contribution in [2.45, 2.75) is 25.4 Å². The van der Waals surface area contributed by atoms with Gasteiger partial charge in [-0.2, -0.15) is 0 Å². The van der Waals surface area contributed by atoms with E-state index in [0.29, 0.717) is 19.8 Å². The van der Waals surface area contributed by atoms with Crippen LogP contribution in [0.5, 0.6) is 0 Å². The van der Waals surface area contributed by atoms with Crippen molar-refractivity contribution >= 4 is 0 Å². The molecule has 5 nitrogen and oxygen atoms in total. The van der Waals surface area contributed by atoms with Gasteiger partial charge >= 0.3 is 0 Å². The highest BCUT2D eigenvalue weighted by Gasteiger charge is 2.14. The first-order chi connectivity index (χ1) is 8.83. The first kappa shape index (κ1) is 15.9. The van der Waals surface area contributed by atoms with Crippen molar-refractivity contribution in [3.63, 3.8) is 0 Å². The third kappa shape index (κ3) is 8.00. The normalized spacial score (nSPS) is 18.3. The fourth-order valence-electron chi connectivity index (χ4n) is 2.14. The maximum atomic E-state index is 9.83. The summed E-state index contributed by atoms with van der Waals surface area (Å²) in [5.41, 5.74) is 0. The smallest absolute Gasteiger partial charge is 0.0791 e. The lowest BCUT2D eigenvalue weighted by Crippen LogP contribution is -2.37. The minimum absolute atomic E-state index is 0.252. The van der Waals surface area contributed by atoms with E-state index in [0.717, 1.165) is 39.2 Å². The lowest BCUT2D eigenvalue weighted by Gasteiger charge is -2.19. The summed E-state index contributed by atoms with van der Waals surface area (Å²) in [7, 11) is 1.67. The quantitative estimate of drug-likeness (QED) is 0.516. The Morgan fingerprint density at radius 2 is 2.00 bits per heavy atom. The second kappa shape index (κ2) is 10.7. The molecule has 1 saturated heterocycles. The fraction of sp³-hybridized carbons (Fsp3) is 1.00. The number of rotatable bonds is 11. The Kier molecular flexibility index (Phi) is 9.42. The predicted molar refractivity (Wildman–Crippen MR) is 71.9 cm³/mol. The Hall–Kier alpha value is -0.200. The van der Waals surface area contributed by atoms with E-state index in [1.165, 1.54) is 12.8 Å². The molecule has 0 aliphatic carbocycles. The van der Waals surface area contributed by atoms with E-state index in [9.17, 15) is 5.11 Å². The van der Waals surface area contributed by atoms with Gasteiger partial charge < -0.3 is 24.8 Å². The molecule has 0 aromatic rings. The average Bonchev–Trinajstić information content (AvgIpc) is 2.85. The zero-order valence-corrected chi connectivity index (χ0v) is 11.6. The van der Waals surface area contributed by atoms with Gasteiger partial charge in [0.25, 0.3) is 0 Å². The van der Waals surface area contributed by atoms with Gasteiger partial charge in [-0.25, -0.2) is 0 Å². The molecule has 1 heterocycles. The number of likely N-dealkylation sites (tertiary alicyclic amines) is 1. The zero-order valence-electron chi connectivity index (χ0n) is 11.6. The summed E-state index contributed by atoms with van der Waals surface area (Å²) in [6.07, 6.45) is 3.27. The van der Waals surface area contributed by atoms with Crippen molar-refractivity contribution < 1.29 is 14.6 Å². The lowest BCUT2D eigenvalue weighted by molar-refractivity contribution is 0.0687. The highest BCUT2D eigenvalue weighted by Crippen LogP contribution is 2.07. The van der Waals surface area contributed by atoms with E-state index in [1.54, 1.807) is 7.11 Å². The van der Waals surface area contributed by atoms with Crippen LogP contribution in [0.15, 0.2) is 0 Å². The molecule has 0 radical (unpaired) electrons. The molecule has 2 N–H and O–H groups in total. The summed E-state index contributed by atoms with van der Waals surface area (Å²) in [6, 6.07) is 0. The van der Waals surface area contributed by atoms with E-state index in [4.69, 9.17) is 9.47 Å². The van der Waals surface area contributed by atoms with Crippen molar-refractivity contribution in [2.75, 3.05) is 59.7 Å². The van der Waals surface area contributed by atoms with Crippen LogP contribution in [0.3, 0.4) is 0 Å². The molecule has 0 spiro atoms. The summed E-state index contributed by atoms with van der Waals surface area (Å²) < 4.78 is 10.2. The molecular formula is C13H28N2O3. The Morgan fingerprint density at radius 3 is 2.72 bits per heavy atom. The van der Waals surface area contributed by atoms with Crippen LogP contribution in [0.2, 0.25) is 0 Å². The Morgan fingerprint density at radius 1 is 1.22 bits per heavy atom. The van der Waals surface area contributed by atoms with Crippen molar-refractivity contribution in [3.05, 3.63) is 0 Å². The Bertz CT molecular complexity index is 187. The monoisotopic (exact) mass is 260 g/mol. The molecule has 108 valence electrons. The van der Waals surface area contributed by atoms with Crippen LogP contribution in [0.25, 0.3) is 0 Å². The van der Waals surface area contributed by atoms with E-state index in [1.807, 2.05) is 0 Å². The molecule has 0 amide bonds. The molecule has 0 bridgehead atoms. The summed E-state index contributed by atoms with van der Waals surface area (Å²) >= 11 is 0. The standard InChI is InChI=1S/C13H28N2O3/c1-17-9-10-18-8-4-5-14-11-13(16)12-15-6-2-3-7-15/h13-14,16H,2-12H2,1H3. The third-order valence-corrected chi connectivity index (χ3v) is 3.12. The van der Waals surface area contributed by atoms with Gasteiger partial charge in [-0.1, -0.05) is 0 Å². The first-order valence-corrected chi connectivity index (χ1v) is 7.00. The minimum Gasteiger partial charge on any atom is -0.390 e. The molecule has 1 unspecified atom stereocenters. The van der Waals surface area contributed by atoms with Crippen LogP contribution >= 0.6 is 0 Å². The highest BCUT2D eigenvalue weighted by molar-refractivity contribution is 4.71. The molecule has 1 aliphatic rings. The number of aliphatic hydroxyl groups excluding tert-OH is 1. The number of methoxy groups -OCH3 is 1. The number of β-amino-alcohol motifs (C(OH)–C–C–N with tert-alkyl or cyclic N) is 1. The largest absolute Gasteiger partial charge is 0.390 e. The summed E-state index contributed by atoms with van der Waals surface area (Å²) in [4.78, 5) is 2.33. The molecule has 1 fully saturated rings. The molecule has 1 rings (SSSR count). The number of hydrogen-bond donors (Lipinski definition) is 2. The van der Waals surface area contributed by atoms with E-state index in [-0.39, 0.29) is 6.10 Å². The van der Waals surface area contributed by atoms with Crippen molar-refractivity contribution in [1.29, 1.82) is 0 Å². The second-order valence-electron chi connectivity index (χ2n) is 4.82. The molecule has 18 heavy (non-hydrogen) atoms. The van der Waals surface area contributed by atoms with Crippen LogP contribution in [0.1, 0.15) is 19.3 Å². The summed E-state index contributed by atoms with van der Waals surface area (Å²) in [6.45, 7) is 6.72. The van der Waals surface area contributed by atoms with Crippen molar-refractivity contribution in [3.8, 4) is 0 Å². The van der Waals surface area contributed by atoms with Crippen molar-refractivity contribution in [1.82, 2.24) is 10.2 Å². The second-order valence-corrected chi connectivity index (χ2v) is 4.82. The first-order valence-electron chi connectivity index (χ1n) is 7.00. The molecule has 1 aliphatic heterocycles. The summed E-state index contributed by atoms with van der Waals surface area (Å²) in [5.74, 6) is 0. The van der Waals surface area contributed by atoms with Crippen LogP contribution in [0, 0.1) is 0 Å². The van der Waals surface area contributed by atoms with Gasteiger partial charge in [0.15, 0.2) is 0 Å². The van der Waals surface area contributed by atoms with Gasteiger partial charge in [-0.3, -0.25) is 0 Å². The average molecular weight is 260 g/mol. The summed E-state index contributed by atoms with van der Waals surface area (Å²) in [5, 5.41) is 13.1. The van der Waals surface area contributed by atoms with Gasteiger partial charge in [0, 0.05) is 26.8 Å².